The summed E-state index contributed by atoms with van der Waals surface area (Å²) in [6, 6.07) is 6.73. The summed E-state index contributed by atoms with van der Waals surface area (Å²) in [5, 5.41) is 4.73. The van der Waals surface area contributed by atoms with Crippen molar-refractivity contribution >= 4 is 15.6 Å². The van der Waals surface area contributed by atoms with Crippen LogP contribution in [-0.4, -0.2) is 29.1 Å². The molecule has 0 bridgehead atoms. The monoisotopic (exact) mass is 320 g/mol. The van der Waals surface area contributed by atoms with Crippen molar-refractivity contribution < 1.29 is 13.2 Å². The smallest absolute Gasteiger partial charge is 0.274 e. The number of ketones is 1. The van der Waals surface area contributed by atoms with Crippen LogP contribution in [0.5, 0.6) is 0 Å². The van der Waals surface area contributed by atoms with Gasteiger partial charge < -0.3 is 5.10 Å². The van der Waals surface area contributed by atoms with Gasteiger partial charge in [-0.15, -0.1) is 0 Å². The number of rotatable bonds is 3. The number of hydrogen-bond acceptors (Lipinski definition) is 4. The van der Waals surface area contributed by atoms with Crippen LogP contribution in [0.2, 0.25) is 0 Å². The number of Topliss-reactive ketones (excluding diaryl/α,β-unsaturated/α-hetero) is 1. The summed E-state index contributed by atoms with van der Waals surface area (Å²) >= 11 is 0. The standard InChI is InChI=1S/C15H16N2O4S/c1-2-15(13(18)11-9-16-17-14(11)19)8-7-10-5-3-4-6-12(10)22(15,20)21/h3-6,9H,2,7-8H2,1H3,(H2,16,17,19). The minimum atomic E-state index is -3.85. The van der Waals surface area contributed by atoms with E-state index in [1.807, 2.05) is 0 Å². The van der Waals surface area contributed by atoms with Crippen molar-refractivity contribution in [3.8, 4) is 0 Å². The van der Waals surface area contributed by atoms with Crippen LogP contribution in [0.1, 0.15) is 35.7 Å². The summed E-state index contributed by atoms with van der Waals surface area (Å²) in [6.07, 6.45) is 2.05. The van der Waals surface area contributed by atoms with Crippen LogP contribution in [0.3, 0.4) is 0 Å². The highest BCUT2D eigenvalue weighted by molar-refractivity contribution is 7.93. The van der Waals surface area contributed by atoms with Gasteiger partial charge in [-0.2, -0.15) is 0 Å². The number of hydrogen-bond donors (Lipinski definition) is 2. The summed E-state index contributed by atoms with van der Waals surface area (Å²) in [5.41, 5.74) is -0.000886. The van der Waals surface area contributed by atoms with Gasteiger partial charge in [-0.05, 0) is 30.9 Å². The molecule has 0 aliphatic carbocycles. The van der Waals surface area contributed by atoms with Gasteiger partial charge in [0.25, 0.3) is 5.56 Å². The van der Waals surface area contributed by atoms with Gasteiger partial charge in [0.05, 0.1) is 4.90 Å². The summed E-state index contributed by atoms with van der Waals surface area (Å²) in [5.74, 6) is -0.632. The molecule has 1 atom stereocenters. The van der Waals surface area contributed by atoms with E-state index in [1.165, 1.54) is 12.3 Å². The quantitative estimate of drug-likeness (QED) is 0.836. The van der Waals surface area contributed by atoms with Gasteiger partial charge in [-0.3, -0.25) is 14.7 Å². The Labute approximate surface area is 127 Å². The number of benzene rings is 1. The number of fused-ring (bicyclic) bond motifs is 1. The van der Waals surface area contributed by atoms with E-state index < -0.39 is 25.9 Å². The van der Waals surface area contributed by atoms with Gasteiger partial charge in [0.2, 0.25) is 0 Å². The minimum absolute atomic E-state index is 0.132. The van der Waals surface area contributed by atoms with E-state index in [4.69, 9.17) is 0 Å². The Morgan fingerprint density at radius 1 is 1.32 bits per heavy atom. The summed E-state index contributed by atoms with van der Waals surface area (Å²) in [4.78, 5) is 24.8. The molecule has 0 amide bonds. The molecule has 3 rings (SSSR count). The number of sulfone groups is 1. The molecule has 1 aliphatic rings. The fourth-order valence-corrected chi connectivity index (χ4v) is 5.44. The molecule has 0 saturated heterocycles. The Kier molecular flexibility index (Phi) is 3.32. The molecule has 2 N–H and O–H groups in total. The number of carbonyl (C=O) groups is 1. The lowest BCUT2D eigenvalue weighted by Crippen LogP contribution is -2.49. The van der Waals surface area contributed by atoms with Crippen molar-refractivity contribution in [2.45, 2.75) is 35.8 Å². The molecule has 1 aromatic carbocycles. The predicted octanol–water partition coefficient (Wildman–Crippen LogP) is 1.45. The van der Waals surface area contributed by atoms with Gasteiger partial charge in [-0.25, -0.2) is 8.42 Å². The van der Waals surface area contributed by atoms with E-state index in [-0.39, 0.29) is 23.3 Å². The van der Waals surface area contributed by atoms with Crippen LogP contribution in [0.25, 0.3) is 0 Å². The Hall–Kier alpha value is -2.15. The second-order valence-electron chi connectivity index (χ2n) is 5.44. The van der Waals surface area contributed by atoms with E-state index >= 15 is 0 Å². The first kappa shape index (κ1) is 14.8. The van der Waals surface area contributed by atoms with Crippen LogP contribution in [0.4, 0.5) is 0 Å². The molecule has 1 aliphatic heterocycles. The molecule has 0 spiro atoms. The first-order valence-corrected chi connectivity index (χ1v) is 8.56. The van der Waals surface area contributed by atoms with Crippen molar-refractivity contribution in [3.63, 3.8) is 0 Å². The first-order chi connectivity index (χ1) is 10.4. The second kappa shape index (κ2) is 4.95. The SMILES string of the molecule is CCC1(C(=O)c2c[nH][nH]c2=O)CCc2ccccc2S1(=O)=O. The average Bonchev–Trinajstić information content (AvgIpc) is 2.93. The van der Waals surface area contributed by atoms with Gasteiger partial charge in [-0.1, -0.05) is 25.1 Å². The predicted molar refractivity (Wildman–Crippen MR) is 80.7 cm³/mol. The summed E-state index contributed by atoms with van der Waals surface area (Å²) in [7, 11) is -3.85. The molecule has 0 fully saturated rings. The number of nitrogens with one attached hydrogen (secondary N) is 2. The Morgan fingerprint density at radius 3 is 2.68 bits per heavy atom. The first-order valence-electron chi connectivity index (χ1n) is 7.07. The molecule has 2 aromatic rings. The molecule has 7 heteroatoms. The highest BCUT2D eigenvalue weighted by Crippen LogP contribution is 2.41. The number of carbonyl (C=O) groups excluding carboxylic acids is 1. The van der Waals surface area contributed by atoms with Gasteiger partial charge in [0.15, 0.2) is 15.6 Å². The largest absolute Gasteiger partial charge is 0.305 e. The minimum Gasteiger partial charge on any atom is -0.305 e. The Balaban J connectivity index is 2.22. The van der Waals surface area contributed by atoms with Crippen LogP contribution in [0, 0.1) is 0 Å². The third kappa shape index (κ3) is 1.81. The van der Waals surface area contributed by atoms with Crippen molar-refractivity contribution in [2.24, 2.45) is 0 Å². The molecule has 2 heterocycles. The van der Waals surface area contributed by atoms with Crippen LogP contribution in [-0.2, 0) is 16.3 Å². The lowest BCUT2D eigenvalue weighted by molar-refractivity contribution is 0.0926. The molecule has 1 aromatic heterocycles. The fraction of sp³-hybridized carbons (Fsp3) is 0.333. The molecule has 0 saturated carbocycles. The lowest BCUT2D eigenvalue weighted by atomic mass is 9.89. The molecule has 22 heavy (non-hydrogen) atoms. The topological polar surface area (TPSA) is 99.9 Å². The maximum Gasteiger partial charge on any atom is 0.274 e. The molecular weight excluding hydrogens is 304 g/mol. The van der Waals surface area contributed by atoms with Gasteiger partial charge in [0, 0.05) is 6.20 Å². The average molecular weight is 320 g/mol. The normalized spacial score (nSPS) is 23.0. The molecule has 0 radical (unpaired) electrons. The molecule has 1 unspecified atom stereocenters. The number of aromatic amines is 2. The van der Waals surface area contributed by atoms with E-state index in [2.05, 4.69) is 10.2 Å². The van der Waals surface area contributed by atoms with Crippen LogP contribution in [0.15, 0.2) is 40.2 Å². The second-order valence-corrected chi connectivity index (χ2v) is 7.67. The number of H-pyrrole nitrogens is 2. The van der Waals surface area contributed by atoms with Gasteiger partial charge >= 0.3 is 0 Å². The molecular formula is C15H16N2O4S. The van der Waals surface area contributed by atoms with E-state index in [1.54, 1.807) is 25.1 Å². The van der Waals surface area contributed by atoms with Crippen molar-refractivity contribution in [3.05, 3.63) is 51.9 Å². The molecule has 116 valence electrons. The molecule has 6 nitrogen and oxygen atoms in total. The Bertz CT molecular complexity index is 894. The van der Waals surface area contributed by atoms with Crippen molar-refractivity contribution in [1.29, 1.82) is 0 Å². The summed E-state index contributed by atoms with van der Waals surface area (Å²) in [6.45, 7) is 1.67. The van der Waals surface area contributed by atoms with E-state index in [9.17, 15) is 18.0 Å². The van der Waals surface area contributed by atoms with Crippen LogP contribution < -0.4 is 5.56 Å². The highest BCUT2D eigenvalue weighted by Gasteiger charge is 2.53. The summed E-state index contributed by atoms with van der Waals surface area (Å²) < 4.78 is 24.6. The van der Waals surface area contributed by atoms with E-state index in [0.717, 1.165) is 5.56 Å². The maximum absolute atomic E-state index is 13.1. The number of aromatic nitrogens is 2. The maximum atomic E-state index is 13.1. The number of aryl methyl sites for hydroxylation is 1. The highest BCUT2D eigenvalue weighted by atomic mass is 32.2. The lowest BCUT2D eigenvalue weighted by Gasteiger charge is -2.35. The van der Waals surface area contributed by atoms with Crippen molar-refractivity contribution in [2.75, 3.05) is 0 Å². The zero-order valence-electron chi connectivity index (χ0n) is 12.0. The van der Waals surface area contributed by atoms with Crippen LogP contribution >= 0.6 is 0 Å². The fourth-order valence-electron chi connectivity index (χ4n) is 3.14. The zero-order valence-corrected chi connectivity index (χ0v) is 12.9. The third-order valence-electron chi connectivity index (χ3n) is 4.45. The van der Waals surface area contributed by atoms with Gasteiger partial charge in [0.1, 0.15) is 10.3 Å². The zero-order chi connectivity index (χ0) is 16.0. The van der Waals surface area contributed by atoms with Crippen molar-refractivity contribution in [1.82, 2.24) is 10.2 Å². The Morgan fingerprint density at radius 2 is 2.05 bits per heavy atom. The third-order valence-corrected chi connectivity index (χ3v) is 7.14. The van der Waals surface area contributed by atoms with E-state index in [0.29, 0.717) is 6.42 Å².